The van der Waals surface area contributed by atoms with E-state index in [1.807, 2.05) is 0 Å². The van der Waals surface area contributed by atoms with Crippen LogP contribution in [0.25, 0.3) is 0 Å². The van der Waals surface area contributed by atoms with Gasteiger partial charge in [-0.25, -0.2) is 0 Å². The molecule has 19 heavy (non-hydrogen) atoms. The highest BCUT2D eigenvalue weighted by Gasteiger charge is 2.18. The summed E-state index contributed by atoms with van der Waals surface area (Å²) < 4.78 is 0. The molecular formula is C17H28N2. The first-order chi connectivity index (χ1) is 8.92. The van der Waals surface area contributed by atoms with Gasteiger partial charge in [-0.2, -0.15) is 0 Å². The molecule has 1 fully saturated rings. The molecule has 0 radical (unpaired) electrons. The van der Waals surface area contributed by atoms with E-state index in [1.165, 1.54) is 30.6 Å². The van der Waals surface area contributed by atoms with Crippen molar-refractivity contribution < 1.29 is 0 Å². The quantitative estimate of drug-likeness (QED) is 0.892. The summed E-state index contributed by atoms with van der Waals surface area (Å²) in [7, 11) is 0. The first kappa shape index (κ1) is 14.5. The predicted octanol–water partition coefficient (Wildman–Crippen LogP) is 3.42. The fourth-order valence-electron chi connectivity index (χ4n) is 2.63. The fourth-order valence-corrected chi connectivity index (χ4v) is 2.63. The summed E-state index contributed by atoms with van der Waals surface area (Å²) in [5.74, 6) is 0.866. The van der Waals surface area contributed by atoms with E-state index in [1.54, 1.807) is 0 Å². The fraction of sp³-hybridized carbons (Fsp3) is 0.647. The highest BCUT2D eigenvalue weighted by atomic mass is 15.1. The van der Waals surface area contributed by atoms with Crippen molar-refractivity contribution in [3.05, 3.63) is 35.4 Å². The van der Waals surface area contributed by atoms with E-state index in [-0.39, 0.29) is 5.54 Å². The molecular weight excluding hydrogens is 232 g/mol. The van der Waals surface area contributed by atoms with Crippen LogP contribution >= 0.6 is 0 Å². The molecule has 1 aromatic rings. The minimum Gasteiger partial charge on any atom is -0.308 e. The molecule has 0 bridgehead atoms. The number of rotatable bonds is 4. The molecule has 106 valence electrons. The topological polar surface area (TPSA) is 15.3 Å². The van der Waals surface area contributed by atoms with E-state index in [2.05, 4.69) is 62.2 Å². The second-order valence-corrected chi connectivity index (χ2v) is 7.05. The summed E-state index contributed by atoms with van der Waals surface area (Å²) in [5.41, 5.74) is 3.02. The Hall–Kier alpha value is -0.860. The van der Waals surface area contributed by atoms with Gasteiger partial charge in [0.1, 0.15) is 0 Å². The van der Waals surface area contributed by atoms with Crippen LogP contribution in [-0.2, 0) is 13.1 Å². The van der Waals surface area contributed by atoms with E-state index in [0.29, 0.717) is 0 Å². The summed E-state index contributed by atoms with van der Waals surface area (Å²) >= 11 is 0. The highest BCUT2D eigenvalue weighted by molar-refractivity contribution is 5.23. The molecule has 1 aliphatic heterocycles. The van der Waals surface area contributed by atoms with Gasteiger partial charge in [0.15, 0.2) is 0 Å². The molecule has 1 saturated heterocycles. The minimum atomic E-state index is 0.181. The van der Waals surface area contributed by atoms with Crippen LogP contribution in [0.15, 0.2) is 24.3 Å². The van der Waals surface area contributed by atoms with E-state index in [0.717, 1.165) is 19.0 Å². The maximum atomic E-state index is 3.55. The van der Waals surface area contributed by atoms with Gasteiger partial charge >= 0.3 is 0 Å². The van der Waals surface area contributed by atoms with Gasteiger partial charge in [0.25, 0.3) is 0 Å². The summed E-state index contributed by atoms with van der Waals surface area (Å²) in [6.45, 7) is 13.6. The Morgan fingerprint density at radius 3 is 2.63 bits per heavy atom. The minimum absolute atomic E-state index is 0.181. The summed E-state index contributed by atoms with van der Waals surface area (Å²) in [5, 5.41) is 3.55. The van der Waals surface area contributed by atoms with Crippen molar-refractivity contribution in [1.29, 1.82) is 0 Å². The Balaban J connectivity index is 1.91. The molecule has 1 heterocycles. The Morgan fingerprint density at radius 1 is 1.26 bits per heavy atom. The number of likely N-dealkylation sites (tertiary alicyclic amines) is 1. The van der Waals surface area contributed by atoms with Crippen LogP contribution in [0.2, 0.25) is 0 Å². The van der Waals surface area contributed by atoms with Gasteiger partial charge < -0.3 is 5.32 Å². The van der Waals surface area contributed by atoms with Crippen LogP contribution in [0.5, 0.6) is 0 Å². The van der Waals surface area contributed by atoms with E-state index < -0.39 is 0 Å². The Morgan fingerprint density at radius 2 is 2.00 bits per heavy atom. The zero-order chi connectivity index (χ0) is 13.9. The average Bonchev–Trinajstić information content (AvgIpc) is 2.72. The molecule has 0 amide bonds. The molecule has 1 unspecified atom stereocenters. The van der Waals surface area contributed by atoms with Crippen LogP contribution in [0.1, 0.15) is 45.2 Å². The van der Waals surface area contributed by atoms with Gasteiger partial charge in [0, 0.05) is 25.2 Å². The highest BCUT2D eigenvalue weighted by Crippen LogP contribution is 2.18. The number of hydrogen-bond acceptors (Lipinski definition) is 2. The van der Waals surface area contributed by atoms with Crippen LogP contribution in [0.3, 0.4) is 0 Å². The number of benzene rings is 1. The van der Waals surface area contributed by atoms with Gasteiger partial charge in [0.05, 0.1) is 0 Å². The molecule has 2 heteroatoms. The van der Waals surface area contributed by atoms with Crippen LogP contribution < -0.4 is 5.32 Å². The molecule has 0 aliphatic carbocycles. The van der Waals surface area contributed by atoms with E-state index in [4.69, 9.17) is 0 Å². The second kappa shape index (κ2) is 6.06. The van der Waals surface area contributed by atoms with Crippen molar-refractivity contribution in [2.45, 2.75) is 52.7 Å². The third-order valence-corrected chi connectivity index (χ3v) is 3.73. The molecule has 1 atom stereocenters. The van der Waals surface area contributed by atoms with Crippen LogP contribution in [-0.4, -0.2) is 23.5 Å². The molecule has 1 N–H and O–H groups in total. The lowest BCUT2D eigenvalue weighted by molar-refractivity contribution is 0.320. The van der Waals surface area contributed by atoms with Crippen LogP contribution in [0, 0.1) is 5.92 Å². The van der Waals surface area contributed by atoms with Crippen molar-refractivity contribution in [2.24, 2.45) is 5.92 Å². The third-order valence-electron chi connectivity index (χ3n) is 3.73. The zero-order valence-corrected chi connectivity index (χ0v) is 12.9. The second-order valence-electron chi connectivity index (χ2n) is 7.05. The smallest absolute Gasteiger partial charge is 0.0233 e. The lowest BCUT2D eigenvalue weighted by Gasteiger charge is -2.21. The zero-order valence-electron chi connectivity index (χ0n) is 12.9. The third kappa shape index (κ3) is 4.96. The molecule has 2 nitrogen and oxygen atoms in total. The van der Waals surface area contributed by atoms with Gasteiger partial charge in [-0.15, -0.1) is 0 Å². The summed E-state index contributed by atoms with van der Waals surface area (Å²) in [6.07, 6.45) is 1.35. The Labute approximate surface area is 118 Å². The maximum absolute atomic E-state index is 3.55. The molecule has 0 saturated carbocycles. The Bertz CT molecular complexity index is 406. The monoisotopic (exact) mass is 260 g/mol. The first-order valence-corrected chi connectivity index (χ1v) is 7.47. The van der Waals surface area contributed by atoms with Crippen molar-refractivity contribution in [3.8, 4) is 0 Å². The van der Waals surface area contributed by atoms with Gasteiger partial charge in [-0.3, -0.25) is 4.90 Å². The SMILES string of the molecule is CC1CCN(Cc2cccc(CNC(C)(C)C)c2)C1. The Kier molecular flexibility index (Phi) is 4.64. The summed E-state index contributed by atoms with van der Waals surface area (Å²) in [4.78, 5) is 2.57. The number of hydrogen-bond donors (Lipinski definition) is 1. The number of nitrogens with zero attached hydrogens (tertiary/aromatic N) is 1. The van der Waals surface area contributed by atoms with Crippen molar-refractivity contribution in [1.82, 2.24) is 10.2 Å². The maximum Gasteiger partial charge on any atom is 0.0233 e. The van der Waals surface area contributed by atoms with Crippen molar-refractivity contribution >= 4 is 0 Å². The van der Waals surface area contributed by atoms with Crippen molar-refractivity contribution in [2.75, 3.05) is 13.1 Å². The predicted molar refractivity (Wildman–Crippen MR) is 82.1 cm³/mol. The van der Waals surface area contributed by atoms with Crippen LogP contribution in [0.4, 0.5) is 0 Å². The van der Waals surface area contributed by atoms with Gasteiger partial charge in [-0.1, -0.05) is 31.2 Å². The molecule has 0 aromatic heterocycles. The molecule has 0 spiro atoms. The lowest BCUT2D eigenvalue weighted by Crippen LogP contribution is -2.35. The van der Waals surface area contributed by atoms with E-state index >= 15 is 0 Å². The largest absolute Gasteiger partial charge is 0.308 e. The first-order valence-electron chi connectivity index (χ1n) is 7.47. The average molecular weight is 260 g/mol. The molecule has 1 aliphatic rings. The van der Waals surface area contributed by atoms with E-state index in [9.17, 15) is 0 Å². The standard InChI is InChI=1S/C17H28N2/c1-14-8-9-19(12-14)13-16-7-5-6-15(10-16)11-18-17(2,3)4/h5-7,10,14,18H,8-9,11-13H2,1-4H3. The van der Waals surface area contributed by atoms with Gasteiger partial charge in [0.2, 0.25) is 0 Å². The molecule has 1 aromatic carbocycles. The van der Waals surface area contributed by atoms with Gasteiger partial charge in [-0.05, 0) is 50.8 Å². The normalized spacial score (nSPS) is 20.9. The molecule has 2 rings (SSSR count). The lowest BCUT2D eigenvalue weighted by atomic mass is 10.1. The number of nitrogens with one attached hydrogen (secondary N) is 1. The summed E-state index contributed by atoms with van der Waals surface area (Å²) in [6, 6.07) is 9.01. The van der Waals surface area contributed by atoms with Crippen molar-refractivity contribution in [3.63, 3.8) is 0 Å².